The minimum Gasteiger partial charge on any atom is -0.439 e. The van der Waals surface area contributed by atoms with Crippen molar-refractivity contribution in [3.8, 4) is 11.6 Å². The van der Waals surface area contributed by atoms with E-state index in [-0.39, 0.29) is 5.82 Å². The summed E-state index contributed by atoms with van der Waals surface area (Å²) in [5.41, 5.74) is 2.66. The molecule has 1 aromatic carbocycles. The van der Waals surface area contributed by atoms with Crippen molar-refractivity contribution in [2.75, 3.05) is 7.05 Å². The first-order valence-electron chi connectivity index (χ1n) is 6.70. The van der Waals surface area contributed by atoms with Crippen LogP contribution in [0.5, 0.6) is 11.6 Å². The summed E-state index contributed by atoms with van der Waals surface area (Å²) >= 11 is 0. The fraction of sp³-hybridized carbons (Fsp3) is 0.312. The molecular formula is C16H19FN2O. The van der Waals surface area contributed by atoms with Gasteiger partial charge in [-0.15, -0.1) is 0 Å². The zero-order valence-electron chi connectivity index (χ0n) is 12.0. The van der Waals surface area contributed by atoms with Crippen LogP contribution in [0.1, 0.15) is 23.7 Å². The fourth-order valence-electron chi connectivity index (χ4n) is 1.96. The van der Waals surface area contributed by atoms with Crippen molar-refractivity contribution in [1.82, 2.24) is 10.3 Å². The van der Waals surface area contributed by atoms with E-state index in [2.05, 4.69) is 23.3 Å². The van der Waals surface area contributed by atoms with E-state index in [0.717, 1.165) is 24.2 Å². The second-order valence-corrected chi connectivity index (χ2v) is 4.70. The van der Waals surface area contributed by atoms with Crippen molar-refractivity contribution in [1.29, 1.82) is 0 Å². The van der Waals surface area contributed by atoms with Crippen LogP contribution in [0.25, 0.3) is 0 Å². The van der Waals surface area contributed by atoms with Gasteiger partial charge in [-0.25, -0.2) is 9.37 Å². The Morgan fingerprint density at radius 2 is 2.05 bits per heavy atom. The lowest BCUT2D eigenvalue weighted by atomic mass is 10.2. The van der Waals surface area contributed by atoms with Crippen LogP contribution in [0.3, 0.4) is 0 Å². The quantitative estimate of drug-likeness (QED) is 0.904. The predicted octanol–water partition coefficient (Wildman–Crippen LogP) is 3.60. The molecule has 20 heavy (non-hydrogen) atoms. The van der Waals surface area contributed by atoms with Crippen LogP contribution >= 0.6 is 0 Å². The van der Waals surface area contributed by atoms with Crippen molar-refractivity contribution in [2.24, 2.45) is 0 Å². The molecule has 1 heterocycles. The molecule has 0 unspecified atom stereocenters. The van der Waals surface area contributed by atoms with E-state index in [1.165, 1.54) is 6.07 Å². The highest BCUT2D eigenvalue weighted by molar-refractivity contribution is 5.33. The third-order valence-electron chi connectivity index (χ3n) is 3.01. The molecule has 2 aromatic rings. The number of pyridine rings is 1. The summed E-state index contributed by atoms with van der Waals surface area (Å²) in [5, 5.41) is 3.11. The Kier molecular flexibility index (Phi) is 4.69. The third kappa shape index (κ3) is 3.54. The van der Waals surface area contributed by atoms with Crippen molar-refractivity contribution >= 4 is 0 Å². The molecule has 0 amide bonds. The number of benzene rings is 1. The molecular weight excluding hydrogens is 255 g/mol. The van der Waals surface area contributed by atoms with E-state index in [1.807, 2.05) is 13.1 Å². The van der Waals surface area contributed by atoms with Gasteiger partial charge in [-0.1, -0.05) is 6.92 Å². The average molecular weight is 274 g/mol. The first-order valence-corrected chi connectivity index (χ1v) is 6.70. The van der Waals surface area contributed by atoms with E-state index < -0.39 is 0 Å². The standard InChI is InChI=1S/C16H19FN2O/c1-4-13-8-12(10-18-3)9-16(19-13)20-14-5-6-15(17)11(2)7-14/h5-9,18H,4,10H2,1-3H3. The molecule has 0 fully saturated rings. The van der Waals surface area contributed by atoms with Crippen LogP contribution in [0.2, 0.25) is 0 Å². The van der Waals surface area contributed by atoms with E-state index in [0.29, 0.717) is 17.2 Å². The average Bonchev–Trinajstić information content (AvgIpc) is 2.43. The first kappa shape index (κ1) is 14.5. The summed E-state index contributed by atoms with van der Waals surface area (Å²) in [6, 6.07) is 8.64. The largest absolute Gasteiger partial charge is 0.439 e. The second kappa shape index (κ2) is 6.48. The third-order valence-corrected chi connectivity index (χ3v) is 3.01. The highest BCUT2D eigenvalue weighted by atomic mass is 19.1. The molecule has 3 nitrogen and oxygen atoms in total. The number of aromatic nitrogens is 1. The van der Waals surface area contributed by atoms with Crippen LogP contribution in [0.4, 0.5) is 4.39 Å². The number of hydrogen-bond acceptors (Lipinski definition) is 3. The number of rotatable bonds is 5. The minimum absolute atomic E-state index is 0.233. The number of hydrogen-bond donors (Lipinski definition) is 1. The number of nitrogens with one attached hydrogen (secondary N) is 1. The molecule has 0 aliphatic carbocycles. The molecule has 0 atom stereocenters. The highest BCUT2D eigenvalue weighted by Gasteiger charge is 2.06. The van der Waals surface area contributed by atoms with Gasteiger partial charge in [0.25, 0.3) is 0 Å². The van der Waals surface area contributed by atoms with Crippen LogP contribution in [-0.4, -0.2) is 12.0 Å². The van der Waals surface area contributed by atoms with Gasteiger partial charge in [0.2, 0.25) is 5.88 Å². The van der Waals surface area contributed by atoms with Gasteiger partial charge < -0.3 is 10.1 Å². The lowest BCUT2D eigenvalue weighted by Gasteiger charge is -2.10. The minimum atomic E-state index is -0.233. The smallest absolute Gasteiger partial charge is 0.219 e. The van der Waals surface area contributed by atoms with Gasteiger partial charge in [0.15, 0.2) is 0 Å². The van der Waals surface area contributed by atoms with E-state index in [4.69, 9.17) is 4.74 Å². The summed E-state index contributed by atoms with van der Waals surface area (Å²) < 4.78 is 19.0. The summed E-state index contributed by atoms with van der Waals surface area (Å²) in [6.07, 6.45) is 0.844. The molecule has 106 valence electrons. The van der Waals surface area contributed by atoms with Gasteiger partial charge in [0.1, 0.15) is 11.6 Å². The molecule has 0 aliphatic rings. The van der Waals surface area contributed by atoms with Crippen molar-refractivity contribution in [3.63, 3.8) is 0 Å². The molecule has 0 spiro atoms. The molecule has 1 N–H and O–H groups in total. The van der Waals surface area contributed by atoms with Crippen LogP contribution in [0, 0.1) is 12.7 Å². The maximum absolute atomic E-state index is 13.2. The maximum atomic E-state index is 13.2. The zero-order chi connectivity index (χ0) is 14.5. The molecule has 0 radical (unpaired) electrons. The summed E-state index contributed by atoms with van der Waals surface area (Å²) in [7, 11) is 1.90. The SMILES string of the molecule is CCc1cc(CNC)cc(Oc2ccc(F)c(C)c2)n1. The topological polar surface area (TPSA) is 34.1 Å². The zero-order valence-corrected chi connectivity index (χ0v) is 12.0. The summed E-state index contributed by atoms with van der Waals surface area (Å²) in [4.78, 5) is 4.44. The number of ether oxygens (including phenoxy) is 1. The predicted molar refractivity (Wildman–Crippen MR) is 77.6 cm³/mol. The molecule has 0 saturated carbocycles. The Labute approximate surface area is 118 Å². The Morgan fingerprint density at radius 1 is 1.25 bits per heavy atom. The highest BCUT2D eigenvalue weighted by Crippen LogP contribution is 2.23. The van der Waals surface area contributed by atoms with E-state index in [9.17, 15) is 4.39 Å². The molecule has 0 aliphatic heterocycles. The van der Waals surface area contributed by atoms with Gasteiger partial charge in [-0.05, 0) is 55.8 Å². The van der Waals surface area contributed by atoms with Crippen molar-refractivity contribution in [2.45, 2.75) is 26.8 Å². The van der Waals surface area contributed by atoms with Crippen LogP contribution in [-0.2, 0) is 13.0 Å². The Balaban J connectivity index is 2.27. The maximum Gasteiger partial charge on any atom is 0.219 e. The van der Waals surface area contributed by atoms with Gasteiger partial charge >= 0.3 is 0 Å². The van der Waals surface area contributed by atoms with Crippen molar-refractivity contribution in [3.05, 3.63) is 53.0 Å². The molecule has 0 bridgehead atoms. The van der Waals surface area contributed by atoms with Gasteiger partial charge in [0.05, 0.1) is 0 Å². The Morgan fingerprint density at radius 3 is 2.70 bits per heavy atom. The lowest BCUT2D eigenvalue weighted by molar-refractivity contribution is 0.457. The number of aryl methyl sites for hydroxylation is 2. The summed E-state index contributed by atoms with van der Waals surface area (Å²) in [6.45, 7) is 4.52. The Bertz CT molecular complexity index is 599. The number of nitrogens with zero attached hydrogens (tertiary/aromatic N) is 1. The molecule has 1 aromatic heterocycles. The lowest BCUT2D eigenvalue weighted by Crippen LogP contribution is -2.06. The van der Waals surface area contributed by atoms with Crippen molar-refractivity contribution < 1.29 is 9.13 Å². The molecule has 0 saturated heterocycles. The van der Waals surface area contributed by atoms with Gasteiger partial charge in [-0.2, -0.15) is 0 Å². The van der Waals surface area contributed by atoms with Gasteiger partial charge in [-0.3, -0.25) is 0 Å². The monoisotopic (exact) mass is 274 g/mol. The summed E-state index contributed by atoms with van der Waals surface area (Å²) in [5.74, 6) is 0.907. The molecule has 4 heteroatoms. The van der Waals surface area contributed by atoms with Gasteiger partial charge in [0, 0.05) is 18.3 Å². The Hall–Kier alpha value is -1.94. The fourth-order valence-corrected chi connectivity index (χ4v) is 1.96. The normalized spacial score (nSPS) is 10.6. The number of halogens is 1. The second-order valence-electron chi connectivity index (χ2n) is 4.70. The van der Waals surface area contributed by atoms with E-state index >= 15 is 0 Å². The molecule has 2 rings (SSSR count). The van der Waals surface area contributed by atoms with E-state index in [1.54, 1.807) is 19.1 Å². The first-order chi connectivity index (χ1) is 9.62. The van der Waals surface area contributed by atoms with Crippen LogP contribution < -0.4 is 10.1 Å². The van der Waals surface area contributed by atoms with Crippen LogP contribution in [0.15, 0.2) is 30.3 Å².